The Morgan fingerprint density at radius 3 is 2.32 bits per heavy atom. The summed E-state index contributed by atoms with van der Waals surface area (Å²) in [5, 5.41) is 2.50. The number of imidazole rings is 1. The zero-order valence-corrected chi connectivity index (χ0v) is 22.5. The third kappa shape index (κ3) is 4.20. The molecule has 38 heavy (non-hydrogen) atoms. The zero-order valence-electron chi connectivity index (χ0n) is 22.5. The van der Waals surface area contributed by atoms with Crippen molar-refractivity contribution in [3.05, 3.63) is 119 Å². The van der Waals surface area contributed by atoms with Crippen molar-refractivity contribution in [1.82, 2.24) is 9.55 Å². The highest BCUT2D eigenvalue weighted by Gasteiger charge is 2.25. The Labute approximate surface area is 226 Å². The topological polar surface area (TPSA) is 17.8 Å². The van der Waals surface area contributed by atoms with Gasteiger partial charge in [-0.15, -0.1) is 0 Å². The van der Waals surface area contributed by atoms with Gasteiger partial charge in [0, 0.05) is 11.3 Å². The van der Waals surface area contributed by atoms with Gasteiger partial charge in [-0.25, -0.2) is 4.98 Å². The van der Waals surface area contributed by atoms with Gasteiger partial charge in [0.25, 0.3) is 0 Å². The SMILES string of the molecule is C/C=C\C=C/c1c(C)c(-c2nc3c(n2C2=CCCC=C2)C=CCC3)c2ccccc2c1-c1ccc(C)cc1. The first-order valence-corrected chi connectivity index (χ1v) is 13.7. The van der Waals surface area contributed by atoms with Crippen molar-refractivity contribution in [2.75, 3.05) is 0 Å². The van der Waals surface area contributed by atoms with Gasteiger partial charge >= 0.3 is 0 Å². The van der Waals surface area contributed by atoms with Gasteiger partial charge in [-0.3, -0.25) is 4.57 Å². The minimum atomic E-state index is 0.981. The molecular weight excluding hydrogens is 460 g/mol. The smallest absolute Gasteiger partial charge is 0.146 e. The van der Waals surface area contributed by atoms with Gasteiger partial charge in [-0.05, 0) is 91.6 Å². The summed E-state index contributed by atoms with van der Waals surface area (Å²) >= 11 is 0. The molecule has 2 heteroatoms. The highest BCUT2D eigenvalue weighted by molar-refractivity contribution is 6.09. The summed E-state index contributed by atoms with van der Waals surface area (Å²) in [4.78, 5) is 5.36. The quantitative estimate of drug-likeness (QED) is 0.252. The summed E-state index contributed by atoms with van der Waals surface area (Å²) in [6.45, 7) is 6.48. The van der Waals surface area contributed by atoms with Crippen LogP contribution in [-0.2, 0) is 6.42 Å². The van der Waals surface area contributed by atoms with Gasteiger partial charge in [0.1, 0.15) is 5.82 Å². The molecule has 1 aromatic heterocycles. The first kappa shape index (κ1) is 24.2. The van der Waals surface area contributed by atoms with E-state index in [2.05, 4.69) is 129 Å². The number of allylic oxidation sites excluding steroid dienone is 8. The van der Waals surface area contributed by atoms with Crippen LogP contribution in [0.25, 0.3) is 51.1 Å². The van der Waals surface area contributed by atoms with Crippen molar-refractivity contribution in [2.24, 2.45) is 0 Å². The molecule has 0 radical (unpaired) electrons. The fourth-order valence-electron chi connectivity index (χ4n) is 5.82. The molecule has 0 saturated heterocycles. The van der Waals surface area contributed by atoms with Gasteiger partial charge in [0.15, 0.2) is 0 Å². The van der Waals surface area contributed by atoms with E-state index in [1.807, 2.05) is 0 Å². The van der Waals surface area contributed by atoms with E-state index in [0.29, 0.717) is 0 Å². The molecule has 4 aromatic rings. The molecule has 0 spiro atoms. The number of aromatic nitrogens is 2. The van der Waals surface area contributed by atoms with E-state index in [0.717, 1.165) is 31.5 Å². The van der Waals surface area contributed by atoms with Crippen LogP contribution in [0.3, 0.4) is 0 Å². The lowest BCUT2D eigenvalue weighted by Crippen LogP contribution is -2.06. The summed E-state index contributed by atoms with van der Waals surface area (Å²) in [5.74, 6) is 1.05. The molecule has 0 fully saturated rings. The molecule has 0 saturated carbocycles. The largest absolute Gasteiger partial charge is 0.293 e. The minimum Gasteiger partial charge on any atom is -0.293 e. The van der Waals surface area contributed by atoms with Crippen LogP contribution in [0, 0.1) is 13.8 Å². The zero-order chi connectivity index (χ0) is 26.1. The summed E-state index contributed by atoms with van der Waals surface area (Å²) in [5.41, 5.74) is 11.2. The lowest BCUT2D eigenvalue weighted by Gasteiger charge is -2.21. The number of aryl methyl sites for hydroxylation is 2. The number of benzene rings is 3. The molecule has 2 aliphatic rings. The molecule has 6 rings (SSSR count). The predicted octanol–water partition coefficient (Wildman–Crippen LogP) is 9.73. The molecule has 0 N–H and O–H groups in total. The molecular formula is C36H34N2. The van der Waals surface area contributed by atoms with Crippen molar-refractivity contribution in [3.63, 3.8) is 0 Å². The maximum absolute atomic E-state index is 5.36. The second kappa shape index (κ2) is 10.3. The average Bonchev–Trinajstić information content (AvgIpc) is 3.33. The normalized spacial score (nSPS) is 15.1. The highest BCUT2D eigenvalue weighted by Crippen LogP contribution is 2.44. The van der Waals surface area contributed by atoms with Crippen LogP contribution < -0.4 is 0 Å². The fraction of sp³-hybridized carbons (Fsp3) is 0.194. The summed E-state index contributed by atoms with van der Waals surface area (Å²) in [6.07, 6.45) is 24.3. The van der Waals surface area contributed by atoms with Gasteiger partial charge in [0.2, 0.25) is 0 Å². The molecule has 0 unspecified atom stereocenters. The second-order valence-electron chi connectivity index (χ2n) is 10.2. The molecule has 3 aromatic carbocycles. The van der Waals surface area contributed by atoms with Crippen LogP contribution in [0.5, 0.6) is 0 Å². The number of hydrogen-bond donors (Lipinski definition) is 0. The Morgan fingerprint density at radius 2 is 1.58 bits per heavy atom. The first-order valence-electron chi connectivity index (χ1n) is 13.7. The number of hydrogen-bond acceptors (Lipinski definition) is 1. The Bertz CT molecular complexity index is 1670. The van der Waals surface area contributed by atoms with Gasteiger partial charge in [-0.1, -0.05) is 96.6 Å². The Morgan fingerprint density at radius 1 is 0.816 bits per heavy atom. The van der Waals surface area contributed by atoms with E-state index in [-0.39, 0.29) is 0 Å². The third-order valence-corrected chi connectivity index (χ3v) is 7.69. The molecule has 2 nitrogen and oxygen atoms in total. The first-order chi connectivity index (χ1) is 18.7. The lowest BCUT2D eigenvalue weighted by atomic mass is 9.85. The summed E-state index contributed by atoms with van der Waals surface area (Å²) in [7, 11) is 0. The minimum absolute atomic E-state index is 0.981. The monoisotopic (exact) mass is 494 g/mol. The van der Waals surface area contributed by atoms with Crippen molar-refractivity contribution >= 4 is 28.6 Å². The van der Waals surface area contributed by atoms with Crippen molar-refractivity contribution in [1.29, 1.82) is 0 Å². The number of nitrogens with zero attached hydrogens (tertiary/aromatic N) is 2. The van der Waals surface area contributed by atoms with Crippen LogP contribution in [0.15, 0.2) is 91.1 Å². The Hall–Kier alpha value is -4.17. The van der Waals surface area contributed by atoms with E-state index < -0.39 is 0 Å². The van der Waals surface area contributed by atoms with E-state index in [9.17, 15) is 0 Å². The highest BCUT2D eigenvalue weighted by atomic mass is 15.1. The van der Waals surface area contributed by atoms with E-state index in [1.54, 1.807) is 0 Å². The molecule has 0 bridgehead atoms. The van der Waals surface area contributed by atoms with Gasteiger partial charge in [0.05, 0.1) is 11.4 Å². The van der Waals surface area contributed by atoms with E-state index in [4.69, 9.17) is 4.98 Å². The summed E-state index contributed by atoms with van der Waals surface area (Å²) < 4.78 is 2.40. The molecule has 2 aliphatic carbocycles. The second-order valence-corrected chi connectivity index (χ2v) is 10.2. The maximum atomic E-state index is 5.36. The molecule has 0 aliphatic heterocycles. The van der Waals surface area contributed by atoms with Gasteiger partial charge < -0.3 is 0 Å². The van der Waals surface area contributed by atoms with E-state index in [1.165, 1.54) is 61.2 Å². The van der Waals surface area contributed by atoms with Crippen LogP contribution in [-0.4, -0.2) is 9.55 Å². The Kier molecular flexibility index (Phi) is 6.55. The molecule has 188 valence electrons. The maximum Gasteiger partial charge on any atom is 0.146 e. The van der Waals surface area contributed by atoms with Gasteiger partial charge in [-0.2, -0.15) is 0 Å². The number of rotatable bonds is 5. The fourth-order valence-corrected chi connectivity index (χ4v) is 5.82. The lowest BCUT2D eigenvalue weighted by molar-refractivity contribution is 0.936. The van der Waals surface area contributed by atoms with Crippen LogP contribution in [0.4, 0.5) is 0 Å². The van der Waals surface area contributed by atoms with Crippen molar-refractivity contribution < 1.29 is 0 Å². The number of fused-ring (bicyclic) bond motifs is 2. The molecule has 1 heterocycles. The molecule has 0 amide bonds. The standard InChI is InChI=1S/C36H34N2/c1-4-5-7-16-29-26(3)34(30-17-10-11-18-31(30)35(29)27-23-21-25(2)22-24-27)36-37-32-19-12-13-20-33(32)38(36)28-14-8-6-9-15-28/h4-5,7-8,10-11,13-18,20-24H,6,9,12,19H2,1-3H3/b5-4-,16-7-. The van der Waals surface area contributed by atoms with Crippen molar-refractivity contribution in [3.8, 4) is 22.5 Å². The van der Waals surface area contributed by atoms with Crippen molar-refractivity contribution in [2.45, 2.75) is 46.5 Å². The predicted molar refractivity (Wildman–Crippen MR) is 164 cm³/mol. The molecule has 0 atom stereocenters. The van der Waals surface area contributed by atoms with Crippen LogP contribution in [0.1, 0.15) is 54.3 Å². The summed E-state index contributed by atoms with van der Waals surface area (Å²) in [6, 6.07) is 17.8. The van der Waals surface area contributed by atoms with E-state index >= 15 is 0 Å². The van der Waals surface area contributed by atoms with Crippen LogP contribution >= 0.6 is 0 Å². The third-order valence-electron chi connectivity index (χ3n) is 7.69. The Balaban J connectivity index is 1.72. The van der Waals surface area contributed by atoms with Crippen LogP contribution in [0.2, 0.25) is 0 Å². The average molecular weight is 495 g/mol.